The van der Waals surface area contributed by atoms with Crippen LogP contribution in [-0.2, 0) is 18.3 Å². The summed E-state index contributed by atoms with van der Waals surface area (Å²) in [6, 6.07) is 0.709. The number of hydrogen-bond donors (Lipinski definition) is 0. The molecule has 1 aliphatic rings. The maximum atomic E-state index is 4.82. The summed E-state index contributed by atoms with van der Waals surface area (Å²) in [5, 5.41) is 1.30. The van der Waals surface area contributed by atoms with E-state index in [1.165, 1.54) is 28.4 Å². The molecule has 90 valence electrons. The van der Waals surface area contributed by atoms with Crippen LogP contribution in [0.15, 0.2) is 0 Å². The van der Waals surface area contributed by atoms with Gasteiger partial charge in [0.1, 0.15) is 0 Å². The van der Waals surface area contributed by atoms with Crippen LogP contribution in [0.5, 0.6) is 0 Å². The minimum absolute atomic E-state index is 0.204. The molecule has 0 saturated carbocycles. The molecule has 0 fully saturated rings. The molecule has 2 rings (SSSR count). The van der Waals surface area contributed by atoms with E-state index < -0.39 is 0 Å². The average molecular weight is 238 g/mol. The first-order chi connectivity index (χ1) is 7.38. The summed E-state index contributed by atoms with van der Waals surface area (Å²) in [5.41, 5.74) is 1.57. The number of aryl methyl sites for hydroxylation is 1. The van der Waals surface area contributed by atoms with Crippen molar-refractivity contribution in [2.45, 2.75) is 51.5 Å². The smallest absolute Gasteiger partial charge is 0.0984 e. The van der Waals surface area contributed by atoms with E-state index in [1.807, 2.05) is 11.3 Å². The van der Waals surface area contributed by atoms with E-state index in [1.54, 1.807) is 0 Å². The fraction of sp³-hybridized carbons (Fsp3) is 0.769. The van der Waals surface area contributed by atoms with Crippen LogP contribution in [0.1, 0.15) is 42.8 Å². The molecular weight excluding hydrogens is 216 g/mol. The van der Waals surface area contributed by atoms with Gasteiger partial charge in [-0.1, -0.05) is 20.8 Å². The number of nitrogens with zero attached hydrogens (tertiary/aromatic N) is 2. The lowest BCUT2D eigenvalue weighted by Gasteiger charge is -2.27. The molecule has 16 heavy (non-hydrogen) atoms. The molecule has 1 aromatic heterocycles. The Hall–Kier alpha value is -0.410. The van der Waals surface area contributed by atoms with E-state index in [9.17, 15) is 0 Å². The molecule has 0 spiro atoms. The zero-order chi connectivity index (χ0) is 11.9. The number of thiazole rings is 1. The van der Waals surface area contributed by atoms with E-state index >= 15 is 0 Å². The lowest BCUT2D eigenvalue weighted by Crippen LogP contribution is -2.32. The highest BCUT2D eigenvalue weighted by atomic mass is 32.1. The average Bonchev–Trinajstić information content (AvgIpc) is 2.58. The molecule has 3 heteroatoms. The normalized spacial score (nSPS) is 21.2. The van der Waals surface area contributed by atoms with Crippen molar-refractivity contribution in [2.24, 2.45) is 0 Å². The lowest BCUT2D eigenvalue weighted by atomic mass is 9.96. The molecule has 0 N–H and O–H groups in total. The Morgan fingerprint density at radius 2 is 2.00 bits per heavy atom. The fourth-order valence-electron chi connectivity index (χ4n) is 2.12. The van der Waals surface area contributed by atoms with Crippen LogP contribution < -0.4 is 0 Å². The molecule has 0 aliphatic heterocycles. The molecule has 0 bridgehead atoms. The summed E-state index contributed by atoms with van der Waals surface area (Å²) in [5.74, 6) is 0. The Bertz CT molecular complexity index is 374. The predicted molar refractivity (Wildman–Crippen MR) is 70.3 cm³/mol. The Kier molecular flexibility index (Phi) is 3.10. The van der Waals surface area contributed by atoms with Gasteiger partial charge in [-0.05, 0) is 33.4 Å². The summed E-state index contributed by atoms with van der Waals surface area (Å²) in [6.07, 6.45) is 3.61. The molecule has 0 aromatic carbocycles. The first-order valence-electron chi connectivity index (χ1n) is 6.03. The third-order valence-electron chi connectivity index (χ3n) is 3.29. The van der Waals surface area contributed by atoms with Crippen LogP contribution >= 0.6 is 11.3 Å². The number of fused-ring (bicyclic) bond motifs is 1. The summed E-state index contributed by atoms with van der Waals surface area (Å²) in [7, 11) is 4.36. The van der Waals surface area contributed by atoms with Gasteiger partial charge in [0, 0.05) is 16.3 Å². The first-order valence-corrected chi connectivity index (χ1v) is 6.85. The molecule has 1 aliphatic carbocycles. The minimum Gasteiger partial charge on any atom is -0.306 e. The Balaban J connectivity index is 2.23. The second kappa shape index (κ2) is 4.11. The van der Waals surface area contributed by atoms with Gasteiger partial charge >= 0.3 is 0 Å². The van der Waals surface area contributed by atoms with Gasteiger partial charge in [0.25, 0.3) is 0 Å². The quantitative estimate of drug-likeness (QED) is 0.748. The van der Waals surface area contributed by atoms with Gasteiger partial charge in [0.2, 0.25) is 0 Å². The monoisotopic (exact) mass is 238 g/mol. The van der Waals surface area contributed by atoms with Crippen LogP contribution in [-0.4, -0.2) is 30.0 Å². The molecule has 1 heterocycles. The van der Waals surface area contributed by atoms with Gasteiger partial charge in [-0.25, -0.2) is 4.98 Å². The molecule has 0 radical (unpaired) electrons. The van der Waals surface area contributed by atoms with Crippen LogP contribution in [0.25, 0.3) is 0 Å². The van der Waals surface area contributed by atoms with Crippen molar-refractivity contribution in [3.8, 4) is 0 Å². The molecule has 0 amide bonds. The Labute approximate surface area is 103 Å². The highest BCUT2D eigenvalue weighted by Gasteiger charge is 2.27. The largest absolute Gasteiger partial charge is 0.306 e. The van der Waals surface area contributed by atoms with E-state index in [-0.39, 0.29) is 5.41 Å². The molecule has 0 saturated heterocycles. The predicted octanol–water partition coefficient (Wildman–Crippen LogP) is 2.86. The first kappa shape index (κ1) is 12.1. The lowest BCUT2D eigenvalue weighted by molar-refractivity contribution is 0.269. The van der Waals surface area contributed by atoms with Gasteiger partial charge in [-0.2, -0.15) is 0 Å². The van der Waals surface area contributed by atoms with Crippen molar-refractivity contribution in [1.82, 2.24) is 9.88 Å². The van der Waals surface area contributed by atoms with Crippen LogP contribution in [0, 0.1) is 0 Å². The number of likely N-dealkylation sites (N-methyl/N-ethyl adjacent to an activating group) is 1. The van der Waals surface area contributed by atoms with Crippen molar-refractivity contribution in [3.63, 3.8) is 0 Å². The van der Waals surface area contributed by atoms with E-state index in [2.05, 4.69) is 39.8 Å². The summed E-state index contributed by atoms with van der Waals surface area (Å²) in [4.78, 5) is 8.69. The van der Waals surface area contributed by atoms with Crippen molar-refractivity contribution in [3.05, 3.63) is 15.6 Å². The highest BCUT2D eigenvalue weighted by molar-refractivity contribution is 7.11. The second-order valence-electron chi connectivity index (χ2n) is 6.00. The standard InChI is InChI=1S/C13H22N2S/c1-13(2,3)12-14-10-7-6-9(15(4)5)8-11(10)16-12/h9H,6-8H2,1-5H3. The third-order valence-corrected chi connectivity index (χ3v) is 4.83. The van der Waals surface area contributed by atoms with Crippen molar-refractivity contribution in [1.29, 1.82) is 0 Å². The highest BCUT2D eigenvalue weighted by Crippen LogP contribution is 2.33. The summed E-state index contributed by atoms with van der Waals surface area (Å²) < 4.78 is 0. The van der Waals surface area contributed by atoms with Crippen molar-refractivity contribution < 1.29 is 0 Å². The van der Waals surface area contributed by atoms with Crippen molar-refractivity contribution in [2.75, 3.05) is 14.1 Å². The second-order valence-corrected chi connectivity index (χ2v) is 7.08. The summed E-state index contributed by atoms with van der Waals surface area (Å²) >= 11 is 1.93. The molecule has 2 nitrogen and oxygen atoms in total. The maximum absolute atomic E-state index is 4.82. The van der Waals surface area contributed by atoms with E-state index in [0.717, 1.165) is 6.42 Å². The Morgan fingerprint density at radius 3 is 2.56 bits per heavy atom. The van der Waals surface area contributed by atoms with Gasteiger partial charge < -0.3 is 4.90 Å². The van der Waals surface area contributed by atoms with Crippen LogP contribution in [0.3, 0.4) is 0 Å². The number of rotatable bonds is 1. The Morgan fingerprint density at radius 1 is 1.31 bits per heavy atom. The van der Waals surface area contributed by atoms with Crippen LogP contribution in [0.4, 0.5) is 0 Å². The van der Waals surface area contributed by atoms with Gasteiger partial charge in [-0.15, -0.1) is 11.3 Å². The van der Waals surface area contributed by atoms with Gasteiger partial charge in [0.05, 0.1) is 10.7 Å². The van der Waals surface area contributed by atoms with E-state index in [4.69, 9.17) is 4.98 Å². The van der Waals surface area contributed by atoms with Gasteiger partial charge in [-0.3, -0.25) is 0 Å². The minimum atomic E-state index is 0.204. The topological polar surface area (TPSA) is 16.1 Å². The molecule has 1 atom stereocenters. The van der Waals surface area contributed by atoms with Crippen LogP contribution in [0.2, 0.25) is 0 Å². The zero-order valence-corrected chi connectivity index (χ0v) is 11.8. The molecule has 1 aromatic rings. The van der Waals surface area contributed by atoms with E-state index in [0.29, 0.717) is 6.04 Å². The molecule has 1 unspecified atom stereocenters. The van der Waals surface area contributed by atoms with Gasteiger partial charge in [0.15, 0.2) is 0 Å². The number of aromatic nitrogens is 1. The van der Waals surface area contributed by atoms with Crippen molar-refractivity contribution >= 4 is 11.3 Å². The molecular formula is C13H22N2S. The third kappa shape index (κ3) is 2.30. The SMILES string of the molecule is CN(C)C1CCc2nc(C(C)(C)C)sc2C1. The fourth-order valence-corrected chi connectivity index (χ4v) is 3.36. The maximum Gasteiger partial charge on any atom is 0.0984 e. The summed E-state index contributed by atoms with van der Waals surface area (Å²) in [6.45, 7) is 6.75. The zero-order valence-electron chi connectivity index (χ0n) is 11.0. The number of hydrogen-bond acceptors (Lipinski definition) is 3.